The van der Waals surface area contributed by atoms with Gasteiger partial charge in [-0.3, -0.25) is 4.90 Å². The molecule has 0 spiro atoms. The monoisotopic (exact) mass is 414 g/mol. The smallest absolute Gasteiger partial charge is 0.240 e. The molecule has 29 heavy (non-hydrogen) atoms. The van der Waals surface area contributed by atoms with Gasteiger partial charge >= 0.3 is 0 Å². The summed E-state index contributed by atoms with van der Waals surface area (Å²) in [5, 5.41) is 11.0. The molecule has 3 aliphatic rings. The highest BCUT2D eigenvalue weighted by molar-refractivity contribution is 7.89. The summed E-state index contributed by atoms with van der Waals surface area (Å²) < 4.78 is 15.2. The number of guanidine groups is 1. The summed E-state index contributed by atoms with van der Waals surface area (Å²) in [7, 11) is 1.80. The fourth-order valence-corrected chi connectivity index (χ4v) is 5.21. The summed E-state index contributed by atoms with van der Waals surface area (Å²) in [4.78, 5) is 10.3. The third-order valence-electron chi connectivity index (χ3n) is 5.95. The first-order valence-corrected chi connectivity index (χ1v) is 11.5. The molecule has 156 valence electrons. The van der Waals surface area contributed by atoms with Gasteiger partial charge in [0, 0.05) is 39.3 Å². The molecule has 1 saturated heterocycles. The molecule has 2 aliphatic heterocycles. The minimum Gasteiger partial charge on any atom is -0.588 e. The van der Waals surface area contributed by atoms with E-state index in [9.17, 15) is 4.55 Å². The van der Waals surface area contributed by atoms with Gasteiger partial charge in [0.2, 0.25) is 5.96 Å². The molecular formula is C21H30N6OS. The lowest BCUT2D eigenvalue weighted by Gasteiger charge is -2.43. The van der Waals surface area contributed by atoms with Crippen molar-refractivity contribution in [1.29, 1.82) is 5.41 Å². The zero-order chi connectivity index (χ0) is 20.2. The van der Waals surface area contributed by atoms with Crippen molar-refractivity contribution >= 4 is 23.0 Å². The van der Waals surface area contributed by atoms with Crippen LogP contribution in [0.15, 0.2) is 46.4 Å². The zero-order valence-electron chi connectivity index (χ0n) is 17.0. The van der Waals surface area contributed by atoms with Crippen LogP contribution >= 0.6 is 0 Å². The molecule has 0 aromatic heterocycles. The number of aliphatic imine (C=N–C) groups is 1. The van der Waals surface area contributed by atoms with E-state index < -0.39 is 11.4 Å². The van der Waals surface area contributed by atoms with Gasteiger partial charge in [-0.25, -0.2) is 4.99 Å². The first kappa shape index (κ1) is 20.3. The van der Waals surface area contributed by atoms with Gasteiger partial charge in [0.05, 0.1) is 18.8 Å². The quantitative estimate of drug-likeness (QED) is 0.547. The standard InChI is InChI=1S/C21H30N6OS/c1-23-10-9-20(22)17-5-7-19(8-6-17)29(28)27-12-11-24-21(27)26-15-13-25(14-16-26)18-3-2-4-18/h5-10,18,22-23H,2-4,11-16H2,1H3/b10-9-,22-20?. The molecule has 1 atom stereocenters. The number of hydrogen-bond donors (Lipinski definition) is 2. The van der Waals surface area contributed by atoms with Crippen molar-refractivity contribution in [3.05, 3.63) is 42.1 Å². The zero-order valence-corrected chi connectivity index (χ0v) is 17.8. The Hall–Kier alpha value is -2.03. The van der Waals surface area contributed by atoms with Gasteiger partial charge in [0.1, 0.15) is 11.4 Å². The summed E-state index contributed by atoms with van der Waals surface area (Å²) in [6.45, 7) is 5.44. The lowest BCUT2D eigenvalue weighted by Crippen LogP contribution is -2.56. The molecule has 0 amide bonds. The highest BCUT2D eigenvalue weighted by atomic mass is 32.2. The van der Waals surface area contributed by atoms with E-state index >= 15 is 0 Å². The molecule has 1 saturated carbocycles. The molecule has 0 bridgehead atoms. The number of nitrogens with one attached hydrogen (secondary N) is 2. The van der Waals surface area contributed by atoms with Crippen LogP contribution < -0.4 is 5.32 Å². The maximum absolute atomic E-state index is 13.2. The molecule has 2 fully saturated rings. The van der Waals surface area contributed by atoms with E-state index in [1.165, 1.54) is 19.3 Å². The third-order valence-corrected chi connectivity index (χ3v) is 7.37. The van der Waals surface area contributed by atoms with Crippen molar-refractivity contribution in [2.45, 2.75) is 30.2 Å². The minimum absolute atomic E-state index is 0.421. The van der Waals surface area contributed by atoms with E-state index in [0.717, 1.165) is 48.6 Å². The third kappa shape index (κ3) is 4.44. The Kier molecular flexibility index (Phi) is 6.42. The van der Waals surface area contributed by atoms with Crippen LogP contribution in [-0.4, -0.2) is 82.7 Å². The van der Waals surface area contributed by atoms with Gasteiger partial charge in [-0.05, 0) is 54.9 Å². The Bertz CT molecular complexity index is 768. The van der Waals surface area contributed by atoms with E-state index in [-0.39, 0.29) is 0 Å². The molecule has 1 unspecified atom stereocenters. The molecule has 0 radical (unpaired) electrons. The molecule has 1 aliphatic carbocycles. The summed E-state index contributed by atoms with van der Waals surface area (Å²) in [6, 6.07) is 8.22. The van der Waals surface area contributed by atoms with Crippen LogP contribution in [0.3, 0.4) is 0 Å². The number of hydrogen-bond acceptors (Lipinski definition) is 7. The predicted octanol–water partition coefficient (Wildman–Crippen LogP) is 1.65. The number of piperazine rings is 1. The van der Waals surface area contributed by atoms with Gasteiger partial charge in [-0.2, -0.15) is 4.31 Å². The number of rotatable bonds is 6. The molecule has 8 heteroatoms. The van der Waals surface area contributed by atoms with Crippen molar-refractivity contribution < 1.29 is 4.55 Å². The van der Waals surface area contributed by atoms with E-state index in [4.69, 9.17) is 5.41 Å². The Morgan fingerprint density at radius 3 is 2.52 bits per heavy atom. The Morgan fingerprint density at radius 2 is 1.90 bits per heavy atom. The number of allylic oxidation sites excluding steroid dienone is 1. The topological polar surface area (TPSA) is 81.0 Å². The molecule has 1 aromatic carbocycles. The Labute approximate surface area is 176 Å². The average molecular weight is 415 g/mol. The van der Waals surface area contributed by atoms with Gasteiger partial charge in [0.15, 0.2) is 4.90 Å². The molecular weight excluding hydrogens is 384 g/mol. The van der Waals surface area contributed by atoms with Crippen LogP contribution in [0.1, 0.15) is 24.8 Å². The van der Waals surface area contributed by atoms with Crippen LogP contribution in [0.25, 0.3) is 0 Å². The van der Waals surface area contributed by atoms with Crippen LogP contribution in [0.5, 0.6) is 0 Å². The number of nitrogens with zero attached hydrogens (tertiary/aromatic N) is 4. The fraction of sp³-hybridized carbons (Fsp3) is 0.524. The maximum atomic E-state index is 13.2. The molecule has 7 nitrogen and oxygen atoms in total. The molecule has 2 heterocycles. The van der Waals surface area contributed by atoms with Crippen LogP contribution in [0.4, 0.5) is 0 Å². The van der Waals surface area contributed by atoms with Gasteiger partial charge < -0.3 is 20.2 Å². The normalized spacial score (nSPS) is 21.9. The summed E-state index contributed by atoms with van der Waals surface area (Å²) >= 11 is -1.28. The van der Waals surface area contributed by atoms with Crippen LogP contribution in [-0.2, 0) is 11.4 Å². The molecule has 4 rings (SSSR count). The van der Waals surface area contributed by atoms with Crippen molar-refractivity contribution in [3.63, 3.8) is 0 Å². The molecule has 1 aromatic rings. The maximum Gasteiger partial charge on any atom is 0.240 e. The second-order valence-corrected chi connectivity index (χ2v) is 9.11. The van der Waals surface area contributed by atoms with Crippen molar-refractivity contribution in [2.24, 2.45) is 4.99 Å². The Morgan fingerprint density at radius 1 is 1.17 bits per heavy atom. The highest BCUT2D eigenvalue weighted by Gasteiger charge is 2.36. The number of benzene rings is 1. The second kappa shape index (κ2) is 9.19. The van der Waals surface area contributed by atoms with E-state index in [2.05, 4.69) is 20.1 Å². The van der Waals surface area contributed by atoms with Gasteiger partial charge in [-0.1, -0.05) is 6.42 Å². The van der Waals surface area contributed by atoms with E-state index in [1.807, 2.05) is 28.6 Å². The van der Waals surface area contributed by atoms with Crippen molar-refractivity contribution in [2.75, 3.05) is 46.3 Å². The summed E-state index contributed by atoms with van der Waals surface area (Å²) in [5.41, 5.74) is 1.23. The van der Waals surface area contributed by atoms with Crippen LogP contribution in [0, 0.1) is 5.41 Å². The lowest BCUT2D eigenvalue weighted by molar-refractivity contribution is 0.0833. The van der Waals surface area contributed by atoms with E-state index in [1.54, 1.807) is 19.3 Å². The lowest BCUT2D eigenvalue weighted by atomic mass is 9.91. The Balaban J connectivity index is 1.38. The second-order valence-electron chi connectivity index (χ2n) is 7.70. The minimum atomic E-state index is -1.28. The van der Waals surface area contributed by atoms with Gasteiger partial charge in [-0.15, -0.1) is 0 Å². The first-order chi connectivity index (χ1) is 14.2. The predicted molar refractivity (Wildman–Crippen MR) is 118 cm³/mol. The highest BCUT2D eigenvalue weighted by Crippen LogP contribution is 2.27. The first-order valence-electron chi connectivity index (χ1n) is 10.4. The average Bonchev–Trinajstić information content (AvgIpc) is 3.21. The SMILES string of the molecule is CN/C=C\C(=N)c1ccc([S+]([O-])N2CCN=C2N2CCN(C3CCC3)CC2)cc1. The fourth-order valence-electron chi connectivity index (χ4n) is 4.01. The van der Waals surface area contributed by atoms with Crippen LogP contribution in [0.2, 0.25) is 0 Å². The largest absolute Gasteiger partial charge is 0.588 e. The molecule has 2 N–H and O–H groups in total. The van der Waals surface area contributed by atoms with E-state index in [0.29, 0.717) is 18.8 Å². The van der Waals surface area contributed by atoms with Crippen molar-refractivity contribution in [3.8, 4) is 0 Å². The summed E-state index contributed by atoms with van der Waals surface area (Å²) in [5.74, 6) is 0.880. The van der Waals surface area contributed by atoms with Crippen molar-refractivity contribution in [1.82, 2.24) is 19.4 Å². The van der Waals surface area contributed by atoms with Gasteiger partial charge in [0.25, 0.3) is 0 Å². The summed E-state index contributed by atoms with van der Waals surface area (Å²) in [6.07, 6.45) is 7.49.